The lowest BCUT2D eigenvalue weighted by Gasteiger charge is -2.10. The first-order valence-corrected chi connectivity index (χ1v) is 4.12. The van der Waals surface area contributed by atoms with Crippen LogP contribution in [0.5, 0.6) is 0 Å². The van der Waals surface area contributed by atoms with E-state index in [1.807, 2.05) is 6.07 Å². The molecule has 0 aromatic rings. The maximum absolute atomic E-state index is 9.16. The number of ether oxygens (including phenoxy) is 2. The van der Waals surface area contributed by atoms with E-state index in [0.717, 1.165) is 0 Å². The van der Waals surface area contributed by atoms with Crippen molar-refractivity contribution in [3.63, 3.8) is 0 Å². The third kappa shape index (κ3) is 9.24. The Morgan fingerprint density at radius 1 is 1.23 bits per heavy atom. The van der Waals surface area contributed by atoms with E-state index in [4.69, 9.17) is 24.9 Å². The Balaban J connectivity index is 3.11. The molecule has 0 bridgehead atoms. The summed E-state index contributed by atoms with van der Waals surface area (Å²) < 4.78 is 9.81. The summed E-state index contributed by atoms with van der Waals surface area (Å²) in [6.07, 6.45) is -0.366. The molecule has 0 heterocycles. The molecule has 0 spiro atoms. The highest BCUT2D eigenvalue weighted by atomic mass is 16.5. The van der Waals surface area contributed by atoms with Gasteiger partial charge in [-0.05, 0) is 0 Å². The highest BCUT2D eigenvalue weighted by Gasteiger charge is 2.03. The molecule has 0 amide bonds. The molecule has 2 N–H and O–H groups in total. The van der Waals surface area contributed by atoms with Crippen molar-refractivity contribution in [1.82, 2.24) is 0 Å². The van der Waals surface area contributed by atoms with Crippen molar-refractivity contribution in [2.45, 2.75) is 12.5 Å². The van der Waals surface area contributed by atoms with Crippen LogP contribution >= 0.6 is 0 Å². The number of nitriles is 1. The molecule has 0 fully saturated rings. The molecule has 0 aromatic heterocycles. The molecule has 0 aliphatic rings. The maximum Gasteiger partial charge on any atom is 0.101 e. The van der Waals surface area contributed by atoms with Gasteiger partial charge in [0.25, 0.3) is 0 Å². The van der Waals surface area contributed by atoms with Crippen LogP contribution in [-0.2, 0) is 9.47 Å². The number of rotatable bonds is 8. The molecule has 5 nitrogen and oxygen atoms in total. The van der Waals surface area contributed by atoms with Gasteiger partial charge in [0.1, 0.15) is 6.10 Å². The minimum atomic E-state index is -0.690. The average Bonchev–Trinajstić information content (AvgIpc) is 2.13. The summed E-state index contributed by atoms with van der Waals surface area (Å²) in [6, 6.07) is 1.92. The second-order valence-electron chi connectivity index (χ2n) is 2.44. The van der Waals surface area contributed by atoms with Crippen molar-refractivity contribution in [2.75, 3.05) is 33.0 Å². The number of hydrogen-bond acceptors (Lipinski definition) is 5. The predicted octanol–water partition coefficient (Wildman–Crippen LogP) is -0.714. The van der Waals surface area contributed by atoms with Gasteiger partial charge in [-0.15, -0.1) is 0 Å². The topological polar surface area (TPSA) is 82.7 Å². The monoisotopic (exact) mass is 189 g/mol. The lowest BCUT2D eigenvalue weighted by atomic mass is 10.4. The first-order chi connectivity index (χ1) is 6.31. The standard InChI is InChI=1S/C8H15NO4/c9-2-1-4-12-6-8(11)7-13-5-3-10/h8,10-11H,1,3-7H2. The summed E-state index contributed by atoms with van der Waals surface area (Å²) in [6.45, 7) is 0.797. The third-order valence-electron chi connectivity index (χ3n) is 1.21. The van der Waals surface area contributed by atoms with Crippen LogP contribution in [0.3, 0.4) is 0 Å². The molecule has 0 saturated carbocycles. The summed E-state index contributed by atoms with van der Waals surface area (Å²) in [5, 5.41) is 25.7. The molecule has 0 aliphatic heterocycles. The zero-order chi connectivity index (χ0) is 9.94. The number of nitrogens with zero attached hydrogens (tertiary/aromatic N) is 1. The van der Waals surface area contributed by atoms with E-state index in [-0.39, 0.29) is 26.4 Å². The third-order valence-corrected chi connectivity index (χ3v) is 1.21. The maximum atomic E-state index is 9.16. The molecule has 0 aliphatic carbocycles. The summed E-state index contributed by atoms with van der Waals surface area (Å²) in [7, 11) is 0. The van der Waals surface area contributed by atoms with Gasteiger partial charge in [-0.25, -0.2) is 0 Å². The molecule has 76 valence electrons. The molecule has 0 saturated heterocycles. The fourth-order valence-corrected chi connectivity index (χ4v) is 0.669. The fourth-order valence-electron chi connectivity index (χ4n) is 0.669. The Morgan fingerprint density at radius 2 is 1.85 bits per heavy atom. The molecule has 5 heteroatoms. The number of hydrogen-bond donors (Lipinski definition) is 2. The van der Waals surface area contributed by atoms with Crippen LogP contribution in [0.15, 0.2) is 0 Å². The van der Waals surface area contributed by atoms with E-state index in [1.165, 1.54) is 0 Å². The van der Waals surface area contributed by atoms with Crippen molar-refractivity contribution in [3.05, 3.63) is 0 Å². The number of aliphatic hydroxyl groups is 2. The number of aliphatic hydroxyl groups excluding tert-OH is 2. The molecule has 1 unspecified atom stereocenters. The first-order valence-electron chi connectivity index (χ1n) is 4.12. The van der Waals surface area contributed by atoms with E-state index < -0.39 is 6.10 Å². The van der Waals surface area contributed by atoms with Crippen molar-refractivity contribution in [2.24, 2.45) is 0 Å². The van der Waals surface area contributed by atoms with Gasteiger partial charge in [-0.3, -0.25) is 0 Å². The van der Waals surface area contributed by atoms with Crippen molar-refractivity contribution in [1.29, 1.82) is 5.26 Å². The zero-order valence-electron chi connectivity index (χ0n) is 7.48. The van der Waals surface area contributed by atoms with E-state index in [0.29, 0.717) is 13.0 Å². The SMILES string of the molecule is N#CCCOCC(O)COCCO. The van der Waals surface area contributed by atoms with Crippen LogP contribution in [0.25, 0.3) is 0 Å². The molecular weight excluding hydrogens is 174 g/mol. The Kier molecular flexibility index (Phi) is 8.93. The lowest BCUT2D eigenvalue weighted by molar-refractivity contribution is -0.0241. The lowest BCUT2D eigenvalue weighted by Crippen LogP contribution is -2.22. The molecule has 13 heavy (non-hydrogen) atoms. The van der Waals surface area contributed by atoms with Crippen molar-refractivity contribution >= 4 is 0 Å². The summed E-state index contributed by atoms with van der Waals surface area (Å²) in [5.74, 6) is 0. The smallest absolute Gasteiger partial charge is 0.101 e. The average molecular weight is 189 g/mol. The van der Waals surface area contributed by atoms with Gasteiger partial charge in [0.05, 0.1) is 45.5 Å². The summed E-state index contributed by atoms with van der Waals surface area (Å²) in [4.78, 5) is 0. The molecule has 0 aromatic carbocycles. The van der Waals surface area contributed by atoms with E-state index in [1.54, 1.807) is 0 Å². The highest BCUT2D eigenvalue weighted by Crippen LogP contribution is 1.88. The Hall–Kier alpha value is -0.670. The minimum absolute atomic E-state index is 0.0536. The zero-order valence-corrected chi connectivity index (χ0v) is 7.48. The predicted molar refractivity (Wildman–Crippen MR) is 45.0 cm³/mol. The molecule has 0 radical (unpaired) electrons. The van der Waals surface area contributed by atoms with Gasteiger partial charge in [0.2, 0.25) is 0 Å². The van der Waals surface area contributed by atoms with Gasteiger partial charge in [-0.2, -0.15) is 5.26 Å². The Bertz CT molecular complexity index is 146. The van der Waals surface area contributed by atoms with Gasteiger partial charge in [0.15, 0.2) is 0 Å². The van der Waals surface area contributed by atoms with Crippen LogP contribution in [0.4, 0.5) is 0 Å². The second-order valence-corrected chi connectivity index (χ2v) is 2.44. The highest BCUT2D eigenvalue weighted by molar-refractivity contribution is 4.67. The minimum Gasteiger partial charge on any atom is -0.394 e. The van der Waals surface area contributed by atoms with Gasteiger partial charge < -0.3 is 19.7 Å². The van der Waals surface area contributed by atoms with Crippen LogP contribution in [0, 0.1) is 11.3 Å². The molecular formula is C8H15NO4. The van der Waals surface area contributed by atoms with Gasteiger partial charge in [0, 0.05) is 0 Å². The normalized spacial score (nSPS) is 12.4. The Morgan fingerprint density at radius 3 is 2.38 bits per heavy atom. The van der Waals surface area contributed by atoms with E-state index in [9.17, 15) is 0 Å². The van der Waals surface area contributed by atoms with Crippen molar-refractivity contribution < 1.29 is 19.7 Å². The Labute approximate surface area is 77.5 Å². The fraction of sp³-hybridized carbons (Fsp3) is 0.875. The molecule has 0 rings (SSSR count). The van der Waals surface area contributed by atoms with E-state index >= 15 is 0 Å². The van der Waals surface area contributed by atoms with E-state index in [2.05, 4.69) is 0 Å². The van der Waals surface area contributed by atoms with Crippen LogP contribution in [0.1, 0.15) is 6.42 Å². The van der Waals surface area contributed by atoms with Gasteiger partial charge >= 0.3 is 0 Å². The largest absolute Gasteiger partial charge is 0.394 e. The van der Waals surface area contributed by atoms with Crippen LogP contribution < -0.4 is 0 Å². The second kappa shape index (κ2) is 9.42. The summed E-state index contributed by atoms with van der Waals surface area (Å²) >= 11 is 0. The van der Waals surface area contributed by atoms with Gasteiger partial charge in [-0.1, -0.05) is 0 Å². The first kappa shape index (κ1) is 12.3. The quantitative estimate of drug-likeness (QED) is 0.493. The van der Waals surface area contributed by atoms with Crippen LogP contribution in [0.2, 0.25) is 0 Å². The van der Waals surface area contributed by atoms with Crippen LogP contribution in [-0.4, -0.2) is 49.4 Å². The van der Waals surface area contributed by atoms with Crippen molar-refractivity contribution in [3.8, 4) is 6.07 Å². The molecule has 1 atom stereocenters. The summed E-state index contributed by atoms with van der Waals surface area (Å²) in [5.41, 5.74) is 0.